The van der Waals surface area contributed by atoms with Crippen LogP contribution in [-0.4, -0.2) is 35.7 Å². The summed E-state index contributed by atoms with van der Waals surface area (Å²) in [6.07, 6.45) is 2.36. The molecule has 0 radical (unpaired) electrons. The Bertz CT molecular complexity index is 1330. The summed E-state index contributed by atoms with van der Waals surface area (Å²) in [6, 6.07) is 24.1. The molecule has 1 unspecified atom stereocenters. The Balaban J connectivity index is 1.28. The van der Waals surface area contributed by atoms with E-state index in [1.54, 1.807) is 7.11 Å². The van der Waals surface area contributed by atoms with Gasteiger partial charge < -0.3 is 18.9 Å². The second-order valence-electron chi connectivity index (χ2n) is 9.09. The monoisotopic (exact) mass is 469 g/mol. The Hall–Kier alpha value is -3.80. The van der Waals surface area contributed by atoms with E-state index in [0.717, 1.165) is 59.0 Å². The van der Waals surface area contributed by atoms with E-state index in [-0.39, 0.29) is 11.8 Å². The molecule has 3 aromatic carbocycles. The minimum atomic E-state index is 0.0726. The number of amides is 1. The van der Waals surface area contributed by atoms with E-state index in [2.05, 4.69) is 41.8 Å². The fourth-order valence-electron chi connectivity index (χ4n) is 4.82. The maximum Gasteiger partial charge on any atom is 0.227 e. The van der Waals surface area contributed by atoms with Crippen molar-refractivity contribution in [3.05, 3.63) is 84.2 Å². The summed E-state index contributed by atoms with van der Waals surface area (Å²) in [5.74, 6) is 2.85. The number of carbonyl (C=O) groups excluding carboxylic acids is 1. The lowest BCUT2D eigenvalue weighted by molar-refractivity contribution is -0.117. The molecule has 1 amide bonds. The molecule has 4 aromatic rings. The number of unbranched alkanes of at least 4 members (excludes halogenated alkanes) is 1. The van der Waals surface area contributed by atoms with Crippen LogP contribution < -0.4 is 14.4 Å². The van der Waals surface area contributed by atoms with Crippen molar-refractivity contribution < 1.29 is 14.3 Å². The number of rotatable bonds is 9. The van der Waals surface area contributed by atoms with Gasteiger partial charge in [0.05, 0.1) is 24.8 Å². The molecule has 0 saturated carbocycles. The molecule has 1 aliphatic heterocycles. The molecular weight excluding hydrogens is 438 g/mol. The molecule has 35 heavy (non-hydrogen) atoms. The summed E-state index contributed by atoms with van der Waals surface area (Å²) in [6.45, 7) is 4.19. The van der Waals surface area contributed by atoms with E-state index in [0.29, 0.717) is 19.6 Å². The quantitative estimate of drug-likeness (QED) is 0.294. The number of methoxy groups -OCH3 is 1. The number of fused-ring (bicyclic) bond motifs is 1. The number of hydrogen-bond acceptors (Lipinski definition) is 4. The van der Waals surface area contributed by atoms with Crippen LogP contribution in [0.2, 0.25) is 0 Å². The second-order valence-corrected chi connectivity index (χ2v) is 9.09. The van der Waals surface area contributed by atoms with Gasteiger partial charge >= 0.3 is 0 Å². The minimum Gasteiger partial charge on any atom is -0.497 e. The van der Waals surface area contributed by atoms with Gasteiger partial charge in [-0.2, -0.15) is 0 Å². The first-order chi connectivity index (χ1) is 17.1. The van der Waals surface area contributed by atoms with E-state index in [1.807, 2.05) is 47.4 Å². The van der Waals surface area contributed by atoms with Crippen LogP contribution in [0.25, 0.3) is 11.0 Å². The zero-order valence-electron chi connectivity index (χ0n) is 20.3. The number of aryl methyl sites for hydroxylation is 2. The molecular formula is C29H31N3O3. The van der Waals surface area contributed by atoms with Crippen LogP contribution in [0.4, 0.5) is 5.69 Å². The molecule has 2 heterocycles. The largest absolute Gasteiger partial charge is 0.497 e. The van der Waals surface area contributed by atoms with Crippen LogP contribution >= 0.6 is 0 Å². The first-order valence-electron chi connectivity index (χ1n) is 12.2. The molecule has 5 rings (SSSR count). The number of anilines is 1. The first-order valence-corrected chi connectivity index (χ1v) is 12.2. The van der Waals surface area contributed by atoms with Gasteiger partial charge in [-0.1, -0.05) is 30.3 Å². The van der Waals surface area contributed by atoms with Gasteiger partial charge in [-0.3, -0.25) is 4.79 Å². The normalized spacial score (nSPS) is 15.7. The predicted molar refractivity (Wildman–Crippen MR) is 138 cm³/mol. The molecule has 6 nitrogen and oxygen atoms in total. The Morgan fingerprint density at radius 3 is 2.66 bits per heavy atom. The van der Waals surface area contributed by atoms with Gasteiger partial charge in [-0.25, -0.2) is 4.98 Å². The highest BCUT2D eigenvalue weighted by atomic mass is 16.5. The Labute approximate surface area is 206 Å². The van der Waals surface area contributed by atoms with Crippen LogP contribution in [0, 0.1) is 6.92 Å². The van der Waals surface area contributed by atoms with Crippen molar-refractivity contribution in [2.45, 2.75) is 38.6 Å². The van der Waals surface area contributed by atoms with Crippen LogP contribution in [0.5, 0.6) is 11.5 Å². The zero-order valence-corrected chi connectivity index (χ0v) is 20.3. The van der Waals surface area contributed by atoms with Crippen molar-refractivity contribution in [2.75, 3.05) is 25.2 Å². The smallest absolute Gasteiger partial charge is 0.227 e. The van der Waals surface area contributed by atoms with Crippen molar-refractivity contribution >= 4 is 22.6 Å². The third-order valence-electron chi connectivity index (χ3n) is 6.57. The van der Waals surface area contributed by atoms with Gasteiger partial charge in [0, 0.05) is 37.2 Å². The van der Waals surface area contributed by atoms with E-state index in [4.69, 9.17) is 14.5 Å². The van der Waals surface area contributed by atoms with Crippen molar-refractivity contribution in [3.8, 4) is 11.5 Å². The first kappa shape index (κ1) is 23.0. The van der Waals surface area contributed by atoms with Gasteiger partial charge in [0.1, 0.15) is 17.3 Å². The third kappa shape index (κ3) is 5.02. The fraction of sp³-hybridized carbons (Fsp3) is 0.310. The van der Waals surface area contributed by atoms with Crippen LogP contribution in [0.3, 0.4) is 0 Å². The van der Waals surface area contributed by atoms with Crippen molar-refractivity contribution in [2.24, 2.45) is 0 Å². The molecule has 1 saturated heterocycles. The predicted octanol–water partition coefficient (Wildman–Crippen LogP) is 5.73. The SMILES string of the molecule is COc1cccc(OCCCCn2c(C3CC(=O)N(c4cccc(C)c4)C3)nc3ccccc32)c1. The summed E-state index contributed by atoms with van der Waals surface area (Å²) in [4.78, 5) is 19.8. The lowest BCUT2D eigenvalue weighted by atomic mass is 10.1. The fourth-order valence-corrected chi connectivity index (χ4v) is 4.82. The lowest BCUT2D eigenvalue weighted by Crippen LogP contribution is -2.24. The number of benzene rings is 3. The minimum absolute atomic E-state index is 0.0726. The molecule has 1 aromatic heterocycles. The number of aromatic nitrogens is 2. The number of hydrogen-bond donors (Lipinski definition) is 0. The Morgan fingerprint density at radius 2 is 1.80 bits per heavy atom. The van der Waals surface area contributed by atoms with Gasteiger partial charge in [-0.05, 0) is 61.7 Å². The molecule has 1 aliphatic rings. The highest BCUT2D eigenvalue weighted by molar-refractivity contribution is 5.96. The summed E-state index contributed by atoms with van der Waals surface area (Å²) < 4.78 is 13.5. The number of imidazole rings is 1. The van der Waals surface area contributed by atoms with Crippen LogP contribution in [-0.2, 0) is 11.3 Å². The summed E-state index contributed by atoms with van der Waals surface area (Å²) >= 11 is 0. The molecule has 1 fully saturated rings. The summed E-state index contributed by atoms with van der Waals surface area (Å²) in [5, 5.41) is 0. The van der Waals surface area contributed by atoms with Crippen molar-refractivity contribution in [1.29, 1.82) is 0 Å². The van der Waals surface area contributed by atoms with Gasteiger partial charge in [0.25, 0.3) is 0 Å². The van der Waals surface area contributed by atoms with Crippen molar-refractivity contribution in [1.82, 2.24) is 9.55 Å². The molecule has 0 bridgehead atoms. The van der Waals surface area contributed by atoms with E-state index in [1.165, 1.54) is 0 Å². The second kappa shape index (κ2) is 10.2. The molecule has 0 spiro atoms. The molecule has 6 heteroatoms. The number of nitrogens with zero attached hydrogens (tertiary/aromatic N) is 3. The van der Waals surface area contributed by atoms with Gasteiger partial charge in [0.2, 0.25) is 5.91 Å². The topological polar surface area (TPSA) is 56.6 Å². The van der Waals surface area contributed by atoms with Crippen LogP contribution in [0.1, 0.15) is 36.6 Å². The third-order valence-corrected chi connectivity index (χ3v) is 6.57. The Morgan fingerprint density at radius 1 is 0.971 bits per heavy atom. The van der Waals surface area contributed by atoms with E-state index < -0.39 is 0 Å². The van der Waals surface area contributed by atoms with E-state index in [9.17, 15) is 4.79 Å². The Kier molecular flexibility index (Phi) is 6.70. The van der Waals surface area contributed by atoms with Gasteiger partial charge in [0.15, 0.2) is 0 Å². The average molecular weight is 470 g/mol. The highest BCUT2D eigenvalue weighted by Crippen LogP contribution is 2.33. The maximum absolute atomic E-state index is 12.9. The van der Waals surface area contributed by atoms with E-state index >= 15 is 0 Å². The summed E-state index contributed by atoms with van der Waals surface area (Å²) in [5.41, 5.74) is 4.23. The van der Waals surface area contributed by atoms with Gasteiger partial charge in [-0.15, -0.1) is 0 Å². The maximum atomic E-state index is 12.9. The molecule has 180 valence electrons. The number of para-hydroxylation sites is 2. The number of ether oxygens (including phenoxy) is 2. The zero-order chi connectivity index (χ0) is 24.2. The molecule has 1 atom stereocenters. The average Bonchev–Trinajstić information content (AvgIpc) is 3.44. The highest BCUT2D eigenvalue weighted by Gasteiger charge is 2.34. The van der Waals surface area contributed by atoms with Crippen LogP contribution in [0.15, 0.2) is 72.8 Å². The number of carbonyl (C=O) groups is 1. The standard InChI is InChI=1S/C29H31N3O3/c1-21-9-7-10-23(17-21)32-20-22(18-28(32)33)29-30-26-13-3-4-14-27(26)31(29)15-5-6-16-35-25-12-8-11-24(19-25)34-2/h3-4,7-14,17,19,22H,5-6,15-16,18,20H2,1-2H3. The lowest BCUT2D eigenvalue weighted by Gasteiger charge is -2.18. The van der Waals surface area contributed by atoms with Crippen molar-refractivity contribution in [3.63, 3.8) is 0 Å². The molecule has 0 aliphatic carbocycles. The summed E-state index contributed by atoms with van der Waals surface area (Å²) in [7, 11) is 1.66. The molecule has 0 N–H and O–H groups in total.